The maximum atomic E-state index is 12.7. The number of hydrogen-bond donors (Lipinski definition) is 1. The molecule has 0 fully saturated rings. The van der Waals surface area contributed by atoms with Crippen LogP contribution in [0, 0.1) is 5.82 Å². The van der Waals surface area contributed by atoms with E-state index in [1.54, 1.807) is 12.1 Å². The van der Waals surface area contributed by atoms with Crippen LogP contribution in [0.1, 0.15) is 6.92 Å². The van der Waals surface area contributed by atoms with E-state index in [0.29, 0.717) is 19.8 Å². The van der Waals surface area contributed by atoms with E-state index in [0.717, 1.165) is 18.8 Å². The van der Waals surface area contributed by atoms with Crippen LogP contribution in [0.4, 0.5) is 10.1 Å². The zero-order valence-corrected chi connectivity index (χ0v) is 10.9. The molecule has 0 heterocycles. The Labute approximate surface area is 108 Å². The van der Waals surface area contributed by atoms with Crippen LogP contribution in [-0.4, -0.2) is 32.8 Å². The number of nitrogens with zero attached hydrogens (tertiary/aromatic N) is 1. The Morgan fingerprint density at radius 1 is 1.24 bits per heavy atom. The molecular formula is C12H20ClFN2O. The van der Waals surface area contributed by atoms with Crippen LogP contribution in [0.2, 0.25) is 0 Å². The van der Waals surface area contributed by atoms with Gasteiger partial charge in [-0.25, -0.2) is 4.39 Å². The Morgan fingerprint density at radius 2 is 1.88 bits per heavy atom. The summed E-state index contributed by atoms with van der Waals surface area (Å²) in [6.45, 7) is 5.50. The van der Waals surface area contributed by atoms with Crippen molar-refractivity contribution in [3.8, 4) is 0 Å². The lowest BCUT2D eigenvalue weighted by Crippen LogP contribution is -2.27. The van der Waals surface area contributed by atoms with Crippen molar-refractivity contribution in [1.82, 2.24) is 0 Å². The highest BCUT2D eigenvalue weighted by Crippen LogP contribution is 2.13. The number of anilines is 1. The molecule has 17 heavy (non-hydrogen) atoms. The van der Waals surface area contributed by atoms with Crippen LogP contribution in [0.5, 0.6) is 0 Å². The highest BCUT2D eigenvalue weighted by molar-refractivity contribution is 5.85. The molecule has 0 aliphatic rings. The van der Waals surface area contributed by atoms with Crippen LogP contribution in [0.15, 0.2) is 24.3 Å². The number of ether oxygens (including phenoxy) is 1. The monoisotopic (exact) mass is 262 g/mol. The van der Waals surface area contributed by atoms with Gasteiger partial charge in [-0.3, -0.25) is 0 Å². The summed E-state index contributed by atoms with van der Waals surface area (Å²) in [5, 5.41) is 0. The fraction of sp³-hybridized carbons (Fsp3) is 0.500. The molecule has 0 atom stereocenters. The van der Waals surface area contributed by atoms with E-state index in [1.807, 2.05) is 0 Å². The lowest BCUT2D eigenvalue weighted by atomic mass is 10.3. The van der Waals surface area contributed by atoms with Crippen molar-refractivity contribution in [1.29, 1.82) is 0 Å². The fourth-order valence-electron chi connectivity index (χ4n) is 1.48. The smallest absolute Gasteiger partial charge is 0.123 e. The molecule has 3 nitrogen and oxygen atoms in total. The highest BCUT2D eigenvalue weighted by Gasteiger charge is 2.03. The van der Waals surface area contributed by atoms with E-state index in [-0.39, 0.29) is 18.2 Å². The molecule has 2 N–H and O–H groups in total. The molecule has 1 aromatic carbocycles. The van der Waals surface area contributed by atoms with Gasteiger partial charge in [0.25, 0.3) is 0 Å². The van der Waals surface area contributed by atoms with Crippen molar-refractivity contribution in [2.75, 3.05) is 37.7 Å². The number of halogens is 2. The Kier molecular flexibility index (Phi) is 8.76. The van der Waals surface area contributed by atoms with Crippen molar-refractivity contribution in [3.63, 3.8) is 0 Å². The first kappa shape index (κ1) is 16.2. The first-order valence-electron chi connectivity index (χ1n) is 5.56. The number of rotatable bonds is 7. The quantitative estimate of drug-likeness (QED) is 0.765. The van der Waals surface area contributed by atoms with Crippen molar-refractivity contribution >= 4 is 18.1 Å². The fourth-order valence-corrected chi connectivity index (χ4v) is 1.48. The van der Waals surface area contributed by atoms with E-state index < -0.39 is 0 Å². The summed E-state index contributed by atoms with van der Waals surface area (Å²) >= 11 is 0. The first-order valence-corrected chi connectivity index (χ1v) is 5.56. The molecule has 1 rings (SSSR count). The van der Waals surface area contributed by atoms with Gasteiger partial charge in [0.15, 0.2) is 0 Å². The minimum absolute atomic E-state index is 0. The third-order valence-electron chi connectivity index (χ3n) is 2.34. The van der Waals surface area contributed by atoms with Crippen LogP contribution in [0.25, 0.3) is 0 Å². The van der Waals surface area contributed by atoms with Crippen molar-refractivity contribution in [3.05, 3.63) is 30.1 Å². The molecule has 5 heteroatoms. The molecule has 0 spiro atoms. The highest BCUT2D eigenvalue weighted by atomic mass is 35.5. The third kappa shape index (κ3) is 5.86. The largest absolute Gasteiger partial charge is 0.378 e. The van der Waals surface area contributed by atoms with Gasteiger partial charge in [-0.2, -0.15) is 0 Å². The topological polar surface area (TPSA) is 38.5 Å². The zero-order chi connectivity index (χ0) is 11.8. The third-order valence-corrected chi connectivity index (χ3v) is 2.34. The van der Waals surface area contributed by atoms with Gasteiger partial charge in [0.2, 0.25) is 0 Å². The summed E-state index contributed by atoms with van der Waals surface area (Å²) in [7, 11) is 0. The predicted octanol–water partition coefficient (Wildman–Crippen LogP) is 2.05. The molecular weight excluding hydrogens is 243 g/mol. The van der Waals surface area contributed by atoms with Crippen molar-refractivity contribution in [2.24, 2.45) is 5.73 Å². The number of likely N-dealkylation sites (N-methyl/N-ethyl adjacent to an activating group) is 1. The van der Waals surface area contributed by atoms with Gasteiger partial charge in [0.05, 0.1) is 13.2 Å². The molecule has 0 aromatic heterocycles. The minimum atomic E-state index is -0.209. The molecule has 0 unspecified atom stereocenters. The molecule has 0 amide bonds. The van der Waals surface area contributed by atoms with E-state index in [4.69, 9.17) is 10.5 Å². The van der Waals surface area contributed by atoms with Gasteiger partial charge in [0.1, 0.15) is 5.82 Å². The zero-order valence-electron chi connectivity index (χ0n) is 10.1. The Bertz CT molecular complexity index is 295. The molecule has 1 aromatic rings. The SMILES string of the molecule is CCN(CCOCCN)c1ccc(F)cc1.Cl. The summed E-state index contributed by atoms with van der Waals surface area (Å²) in [6, 6.07) is 6.50. The molecule has 98 valence electrons. The Morgan fingerprint density at radius 3 is 2.41 bits per heavy atom. The Hall–Kier alpha value is -0.840. The first-order chi connectivity index (χ1) is 7.77. The average molecular weight is 263 g/mol. The van der Waals surface area contributed by atoms with Crippen molar-refractivity contribution in [2.45, 2.75) is 6.92 Å². The second-order valence-corrected chi connectivity index (χ2v) is 3.46. The standard InChI is InChI=1S/C12H19FN2O.ClH/c1-2-15(8-10-16-9-7-14)12-5-3-11(13)4-6-12;/h3-6H,2,7-10,14H2,1H3;1H. The van der Waals surface area contributed by atoms with Crippen molar-refractivity contribution < 1.29 is 9.13 Å². The summed E-state index contributed by atoms with van der Waals surface area (Å²) in [5.74, 6) is -0.209. The van der Waals surface area contributed by atoms with E-state index >= 15 is 0 Å². The van der Waals surface area contributed by atoms with E-state index in [1.165, 1.54) is 12.1 Å². The molecule has 0 radical (unpaired) electrons. The van der Waals surface area contributed by atoms with E-state index in [2.05, 4.69) is 11.8 Å². The van der Waals surface area contributed by atoms with Gasteiger partial charge < -0.3 is 15.4 Å². The molecule has 0 aliphatic carbocycles. The lowest BCUT2D eigenvalue weighted by molar-refractivity contribution is 0.148. The second kappa shape index (κ2) is 9.22. The van der Waals surface area contributed by atoms with Crippen LogP contribution >= 0.6 is 12.4 Å². The molecule has 0 aliphatic heterocycles. The maximum Gasteiger partial charge on any atom is 0.123 e. The average Bonchev–Trinajstić information content (AvgIpc) is 2.31. The van der Waals surface area contributed by atoms with Gasteiger partial charge in [0, 0.05) is 25.3 Å². The normalized spacial score (nSPS) is 9.82. The van der Waals surface area contributed by atoms with Gasteiger partial charge in [-0.05, 0) is 31.2 Å². The number of nitrogens with two attached hydrogens (primary N) is 1. The Balaban J connectivity index is 0.00000256. The maximum absolute atomic E-state index is 12.7. The second-order valence-electron chi connectivity index (χ2n) is 3.46. The van der Waals surface area contributed by atoms with E-state index in [9.17, 15) is 4.39 Å². The number of hydrogen-bond acceptors (Lipinski definition) is 3. The summed E-state index contributed by atoms with van der Waals surface area (Å²) < 4.78 is 18.1. The van der Waals surface area contributed by atoms with Crippen LogP contribution < -0.4 is 10.6 Å². The predicted molar refractivity (Wildman–Crippen MR) is 71.4 cm³/mol. The summed E-state index contributed by atoms with van der Waals surface area (Å²) in [5.41, 5.74) is 6.34. The van der Waals surface area contributed by atoms with Gasteiger partial charge in [-0.15, -0.1) is 12.4 Å². The molecule has 0 saturated heterocycles. The molecule has 0 saturated carbocycles. The van der Waals surface area contributed by atoms with Crippen LogP contribution in [0.3, 0.4) is 0 Å². The minimum Gasteiger partial charge on any atom is -0.378 e. The van der Waals surface area contributed by atoms with Gasteiger partial charge in [-0.1, -0.05) is 0 Å². The van der Waals surface area contributed by atoms with Crippen LogP contribution in [-0.2, 0) is 4.74 Å². The lowest BCUT2D eigenvalue weighted by Gasteiger charge is -2.22. The van der Waals surface area contributed by atoms with Gasteiger partial charge >= 0.3 is 0 Å². The number of benzene rings is 1. The summed E-state index contributed by atoms with van der Waals surface area (Å²) in [4.78, 5) is 2.13. The molecule has 0 bridgehead atoms. The summed E-state index contributed by atoms with van der Waals surface area (Å²) in [6.07, 6.45) is 0.